The highest BCUT2D eigenvalue weighted by atomic mass is 16.3. The van der Waals surface area contributed by atoms with Crippen molar-refractivity contribution >= 4 is 5.78 Å². The zero-order valence-corrected chi connectivity index (χ0v) is 7.63. The number of hydrogen-bond donors (Lipinski definition) is 1. The molecular weight excluding hydrogens is 142 g/mol. The van der Waals surface area contributed by atoms with Crippen molar-refractivity contribution in [3.63, 3.8) is 0 Å². The van der Waals surface area contributed by atoms with Crippen molar-refractivity contribution in [3.8, 4) is 0 Å². The van der Waals surface area contributed by atoms with E-state index in [1.807, 2.05) is 0 Å². The summed E-state index contributed by atoms with van der Waals surface area (Å²) < 4.78 is 0.874. The number of Topliss-reactive ketones (excluding diaryl/α,β-unsaturated/α-hetero) is 1. The molecular formula is C8H18NO2+. The van der Waals surface area contributed by atoms with Crippen molar-refractivity contribution in [1.29, 1.82) is 0 Å². The van der Waals surface area contributed by atoms with Gasteiger partial charge in [0.25, 0.3) is 0 Å². The van der Waals surface area contributed by atoms with Crippen LogP contribution < -0.4 is 0 Å². The number of rotatable bonds is 5. The van der Waals surface area contributed by atoms with Crippen LogP contribution >= 0.6 is 0 Å². The molecule has 0 saturated heterocycles. The van der Waals surface area contributed by atoms with Gasteiger partial charge in [0.15, 0.2) is 5.78 Å². The molecule has 0 spiro atoms. The van der Waals surface area contributed by atoms with Gasteiger partial charge in [-0.25, -0.2) is 0 Å². The van der Waals surface area contributed by atoms with Crippen molar-refractivity contribution in [2.75, 3.05) is 34.3 Å². The summed E-state index contributed by atoms with van der Waals surface area (Å²) in [6, 6.07) is 0. The average molecular weight is 160 g/mol. The predicted octanol–water partition coefficient (Wildman–Crippen LogP) is 0.0342. The van der Waals surface area contributed by atoms with E-state index in [-0.39, 0.29) is 12.4 Å². The molecule has 66 valence electrons. The van der Waals surface area contributed by atoms with Crippen LogP contribution in [0.25, 0.3) is 0 Å². The average Bonchev–Trinajstić information content (AvgIpc) is 1.85. The Morgan fingerprint density at radius 3 is 2.27 bits per heavy atom. The van der Waals surface area contributed by atoms with Crippen molar-refractivity contribution < 1.29 is 14.4 Å². The first-order chi connectivity index (χ1) is 4.95. The van der Waals surface area contributed by atoms with Gasteiger partial charge in [0.1, 0.15) is 6.61 Å². The Bertz CT molecular complexity index is 127. The Hall–Kier alpha value is -0.410. The second-order valence-corrected chi connectivity index (χ2v) is 3.81. The van der Waals surface area contributed by atoms with Crippen LogP contribution in [-0.2, 0) is 4.79 Å². The zero-order chi connectivity index (χ0) is 8.91. The second kappa shape index (κ2) is 4.46. The summed E-state index contributed by atoms with van der Waals surface area (Å²) in [5, 5.41) is 8.41. The third kappa shape index (κ3) is 7.49. The smallest absolute Gasteiger partial charge is 0.158 e. The van der Waals surface area contributed by atoms with Gasteiger partial charge in [0, 0.05) is 12.8 Å². The molecule has 0 bridgehead atoms. The van der Waals surface area contributed by atoms with Crippen LogP contribution in [0.3, 0.4) is 0 Å². The summed E-state index contributed by atoms with van der Waals surface area (Å²) in [7, 11) is 6.26. The first-order valence-electron chi connectivity index (χ1n) is 3.89. The van der Waals surface area contributed by atoms with E-state index < -0.39 is 0 Å². The number of quaternary nitrogens is 1. The first kappa shape index (κ1) is 10.6. The van der Waals surface area contributed by atoms with Crippen molar-refractivity contribution in [3.05, 3.63) is 0 Å². The van der Waals surface area contributed by atoms with Gasteiger partial charge in [-0.05, 0) is 0 Å². The van der Waals surface area contributed by atoms with Gasteiger partial charge >= 0.3 is 0 Å². The Kier molecular flexibility index (Phi) is 4.30. The van der Waals surface area contributed by atoms with Crippen LogP contribution in [0.5, 0.6) is 0 Å². The maximum absolute atomic E-state index is 10.6. The maximum atomic E-state index is 10.6. The zero-order valence-electron chi connectivity index (χ0n) is 7.63. The number of aliphatic hydroxyl groups is 1. The summed E-state index contributed by atoms with van der Waals surface area (Å²) in [5.41, 5.74) is 0. The van der Waals surface area contributed by atoms with E-state index in [0.717, 1.165) is 17.4 Å². The van der Waals surface area contributed by atoms with Crippen LogP contribution in [0, 0.1) is 0 Å². The lowest BCUT2D eigenvalue weighted by molar-refractivity contribution is -0.870. The molecule has 1 N–H and O–H groups in total. The maximum Gasteiger partial charge on any atom is 0.158 e. The number of carbonyl (C=O) groups excluding carboxylic acids is 1. The van der Waals surface area contributed by atoms with Gasteiger partial charge in [-0.15, -0.1) is 0 Å². The number of ketones is 1. The fourth-order valence-electron chi connectivity index (χ4n) is 0.830. The minimum atomic E-state index is -0.308. The molecule has 0 aliphatic carbocycles. The van der Waals surface area contributed by atoms with Gasteiger partial charge in [0.2, 0.25) is 0 Å². The number of nitrogens with zero attached hydrogens (tertiary/aromatic N) is 1. The lowest BCUT2D eigenvalue weighted by atomic mass is 10.2. The summed E-state index contributed by atoms with van der Waals surface area (Å²) in [5.74, 6) is -0.0570. The summed E-state index contributed by atoms with van der Waals surface area (Å²) in [4.78, 5) is 10.6. The first-order valence-corrected chi connectivity index (χ1v) is 3.89. The molecule has 0 heterocycles. The van der Waals surface area contributed by atoms with E-state index in [4.69, 9.17) is 5.11 Å². The molecule has 0 fully saturated rings. The SMILES string of the molecule is C[N+](C)(C)CCCC(=O)CO. The molecule has 11 heavy (non-hydrogen) atoms. The van der Waals surface area contributed by atoms with E-state index in [2.05, 4.69) is 21.1 Å². The third-order valence-corrected chi connectivity index (χ3v) is 1.46. The molecule has 0 aromatic carbocycles. The fourth-order valence-corrected chi connectivity index (χ4v) is 0.830. The largest absolute Gasteiger partial charge is 0.389 e. The predicted molar refractivity (Wildman–Crippen MR) is 44.2 cm³/mol. The highest BCUT2D eigenvalue weighted by Gasteiger charge is 2.07. The molecule has 0 rings (SSSR count). The van der Waals surface area contributed by atoms with E-state index in [9.17, 15) is 4.79 Å². The third-order valence-electron chi connectivity index (χ3n) is 1.46. The van der Waals surface area contributed by atoms with Crippen LogP contribution in [0.1, 0.15) is 12.8 Å². The van der Waals surface area contributed by atoms with Gasteiger partial charge in [-0.2, -0.15) is 0 Å². The van der Waals surface area contributed by atoms with Gasteiger partial charge in [0.05, 0.1) is 27.7 Å². The van der Waals surface area contributed by atoms with Gasteiger partial charge < -0.3 is 9.59 Å². The molecule has 0 aliphatic rings. The highest BCUT2D eigenvalue weighted by Crippen LogP contribution is 1.97. The minimum Gasteiger partial charge on any atom is -0.389 e. The van der Waals surface area contributed by atoms with Crippen LogP contribution in [0.2, 0.25) is 0 Å². The standard InChI is InChI=1S/C8H18NO2/c1-9(2,3)6-4-5-8(11)7-10/h10H,4-7H2,1-3H3/q+1. The van der Waals surface area contributed by atoms with Crippen LogP contribution in [-0.4, -0.2) is 49.7 Å². The monoisotopic (exact) mass is 160 g/mol. The molecule has 0 saturated carbocycles. The molecule has 0 aromatic rings. The van der Waals surface area contributed by atoms with Crippen LogP contribution in [0.4, 0.5) is 0 Å². The molecule has 0 amide bonds. The number of aliphatic hydroxyl groups excluding tert-OH is 1. The molecule has 0 radical (unpaired) electrons. The number of carbonyl (C=O) groups is 1. The quantitative estimate of drug-likeness (QED) is 0.576. The molecule has 0 unspecified atom stereocenters. The summed E-state index contributed by atoms with van der Waals surface area (Å²) in [6.45, 7) is 0.670. The topological polar surface area (TPSA) is 37.3 Å². The van der Waals surface area contributed by atoms with Gasteiger partial charge in [-0.1, -0.05) is 0 Å². The van der Waals surface area contributed by atoms with Gasteiger partial charge in [-0.3, -0.25) is 4.79 Å². The Morgan fingerprint density at radius 1 is 1.36 bits per heavy atom. The molecule has 0 aromatic heterocycles. The van der Waals surface area contributed by atoms with E-state index in [0.29, 0.717) is 6.42 Å². The Morgan fingerprint density at radius 2 is 1.91 bits per heavy atom. The Labute approximate surface area is 68.2 Å². The van der Waals surface area contributed by atoms with Crippen LogP contribution in [0.15, 0.2) is 0 Å². The molecule has 0 atom stereocenters. The minimum absolute atomic E-state index is 0.0570. The highest BCUT2D eigenvalue weighted by molar-refractivity contribution is 5.79. The summed E-state index contributed by atoms with van der Waals surface area (Å²) >= 11 is 0. The van der Waals surface area contributed by atoms with E-state index in [1.54, 1.807) is 0 Å². The molecule has 3 heteroatoms. The van der Waals surface area contributed by atoms with Crippen molar-refractivity contribution in [1.82, 2.24) is 0 Å². The van der Waals surface area contributed by atoms with E-state index >= 15 is 0 Å². The lowest BCUT2D eigenvalue weighted by Crippen LogP contribution is -2.35. The normalized spacial score (nSPS) is 11.6. The number of hydrogen-bond acceptors (Lipinski definition) is 2. The second-order valence-electron chi connectivity index (χ2n) is 3.81. The lowest BCUT2D eigenvalue weighted by Gasteiger charge is -2.23. The molecule has 0 aliphatic heterocycles. The van der Waals surface area contributed by atoms with Crippen molar-refractivity contribution in [2.24, 2.45) is 0 Å². The van der Waals surface area contributed by atoms with Crippen molar-refractivity contribution in [2.45, 2.75) is 12.8 Å². The fraction of sp³-hybridized carbons (Fsp3) is 0.875. The summed E-state index contributed by atoms with van der Waals surface area (Å²) in [6.07, 6.45) is 1.37. The van der Waals surface area contributed by atoms with E-state index in [1.165, 1.54) is 0 Å². The molecule has 3 nitrogen and oxygen atoms in total. The Balaban J connectivity index is 3.35.